The van der Waals surface area contributed by atoms with Crippen LogP contribution in [-0.2, 0) is 6.54 Å². The minimum absolute atomic E-state index is 0.460. The van der Waals surface area contributed by atoms with Gasteiger partial charge in [0.2, 0.25) is 0 Å². The van der Waals surface area contributed by atoms with Gasteiger partial charge in [-0.25, -0.2) is 0 Å². The van der Waals surface area contributed by atoms with Crippen LogP contribution < -0.4 is 5.32 Å². The highest BCUT2D eigenvalue weighted by molar-refractivity contribution is 6.15. The molecule has 0 fully saturated rings. The van der Waals surface area contributed by atoms with Crippen LogP contribution in [0.5, 0.6) is 0 Å². The second-order valence-electron chi connectivity index (χ2n) is 10.1. The molecule has 188 valence electrons. The molecule has 6 aromatic rings. The predicted octanol–water partition coefficient (Wildman–Crippen LogP) is 8.22. The number of aromatic nitrogens is 1. The third-order valence-corrected chi connectivity index (χ3v) is 7.50. The fraction of sp³-hybridized carbons (Fsp3) is 0.143. The van der Waals surface area contributed by atoms with Crippen molar-refractivity contribution in [1.29, 1.82) is 0 Å². The van der Waals surface area contributed by atoms with Gasteiger partial charge in [-0.15, -0.1) is 0 Å². The SMILES string of the molecule is Cc1ccc(NCC(O)Cn2c(-c3ccccc3)c(-c3ccccc3)c3ccc4ccccc4c32)cc1C. The molecule has 0 saturated heterocycles. The van der Waals surface area contributed by atoms with Gasteiger partial charge in [-0.2, -0.15) is 0 Å². The van der Waals surface area contributed by atoms with E-state index in [-0.39, 0.29) is 0 Å². The molecule has 1 atom stereocenters. The molecule has 2 N–H and O–H groups in total. The van der Waals surface area contributed by atoms with Gasteiger partial charge >= 0.3 is 0 Å². The summed E-state index contributed by atoms with van der Waals surface area (Å²) in [5.74, 6) is 0. The first-order valence-electron chi connectivity index (χ1n) is 13.2. The van der Waals surface area contributed by atoms with Crippen molar-refractivity contribution in [3.63, 3.8) is 0 Å². The Bertz CT molecular complexity index is 1720. The lowest BCUT2D eigenvalue weighted by Crippen LogP contribution is -2.25. The topological polar surface area (TPSA) is 37.2 Å². The van der Waals surface area contributed by atoms with Crippen LogP contribution in [0.1, 0.15) is 11.1 Å². The standard InChI is InChI=1S/C35H32N2O/c1-24-17-19-29(21-25(24)2)36-22-30(38)23-37-34(28-14-7-4-8-15-28)33(27-12-5-3-6-13-27)32-20-18-26-11-9-10-16-31(26)35(32)37/h3-21,30,36,38H,22-23H2,1-2H3. The molecular formula is C35H32N2O. The Kier molecular flexibility index (Phi) is 6.45. The van der Waals surface area contributed by atoms with Crippen LogP contribution in [0.2, 0.25) is 0 Å². The molecule has 3 nitrogen and oxygen atoms in total. The van der Waals surface area contributed by atoms with Gasteiger partial charge < -0.3 is 15.0 Å². The molecular weight excluding hydrogens is 464 g/mol. The highest BCUT2D eigenvalue weighted by Gasteiger charge is 2.23. The minimum atomic E-state index is -0.586. The quantitative estimate of drug-likeness (QED) is 0.234. The lowest BCUT2D eigenvalue weighted by atomic mass is 9.97. The summed E-state index contributed by atoms with van der Waals surface area (Å²) in [6.07, 6.45) is -0.586. The molecule has 0 amide bonds. The van der Waals surface area contributed by atoms with Crippen LogP contribution in [0.4, 0.5) is 5.69 Å². The molecule has 1 heterocycles. The van der Waals surface area contributed by atoms with E-state index < -0.39 is 6.10 Å². The third-order valence-electron chi connectivity index (χ3n) is 7.50. The number of benzene rings is 5. The van der Waals surface area contributed by atoms with Gasteiger partial charge in [-0.3, -0.25) is 0 Å². The Morgan fingerprint density at radius 1 is 0.684 bits per heavy atom. The van der Waals surface area contributed by atoms with Crippen molar-refractivity contribution in [2.75, 3.05) is 11.9 Å². The van der Waals surface area contributed by atoms with E-state index >= 15 is 0 Å². The zero-order valence-electron chi connectivity index (χ0n) is 21.9. The molecule has 0 aliphatic rings. The van der Waals surface area contributed by atoms with Gasteiger partial charge in [0.05, 0.1) is 23.9 Å². The highest BCUT2D eigenvalue weighted by atomic mass is 16.3. The lowest BCUT2D eigenvalue weighted by Gasteiger charge is -2.19. The number of nitrogens with one attached hydrogen (secondary N) is 1. The first kappa shape index (κ1) is 24.0. The second-order valence-corrected chi connectivity index (χ2v) is 10.1. The van der Waals surface area contributed by atoms with Crippen molar-refractivity contribution in [3.05, 3.63) is 126 Å². The second kappa shape index (κ2) is 10.2. The number of anilines is 1. The number of fused-ring (bicyclic) bond motifs is 3. The van der Waals surface area contributed by atoms with Crippen molar-refractivity contribution >= 4 is 27.4 Å². The molecule has 0 spiro atoms. The molecule has 38 heavy (non-hydrogen) atoms. The molecule has 1 unspecified atom stereocenters. The van der Waals surface area contributed by atoms with Gasteiger partial charge in [-0.05, 0) is 53.6 Å². The molecule has 0 radical (unpaired) electrons. The molecule has 0 aliphatic heterocycles. The van der Waals surface area contributed by atoms with E-state index in [2.05, 4.69) is 139 Å². The van der Waals surface area contributed by atoms with E-state index in [9.17, 15) is 5.11 Å². The highest BCUT2D eigenvalue weighted by Crippen LogP contribution is 2.43. The van der Waals surface area contributed by atoms with Crippen molar-refractivity contribution in [2.24, 2.45) is 0 Å². The Morgan fingerprint density at radius 3 is 2.11 bits per heavy atom. The minimum Gasteiger partial charge on any atom is -0.389 e. The molecule has 0 aliphatic carbocycles. The molecule has 3 heteroatoms. The van der Waals surface area contributed by atoms with Crippen molar-refractivity contribution in [2.45, 2.75) is 26.5 Å². The summed E-state index contributed by atoms with van der Waals surface area (Å²) in [5.41, 5.74) is 9.34. The number of aryl methyl sites for hydroxylation is 2. The van der Waals surface area contributed by atoms with E-state index in [4.69, 9.17) is 0 Å². The van der Waals surface area contributed by atoms with E-state index in [1.807, 2.05) is 0 Å². The van der Waals surface area contributed by atoms with Crippen LogP contribution in [0.3, 0.4) is 0 Å². The monoisotopic (exact) mass is 496 g/mol. The smallest absolute Gasteiger partial charge is 0.0891 e. The van der Waals surface area contributed by atoms with Crippen LogP contribution in [0.25, 0.3) is 44.1 Å². The van der Waals surface area contributed by atoms with E-state index in [1.165, 1.54) is 38.4 Å². The Hall–Kier alpha value is -4.34. The summed E-state index contributed by atoms with van der Waals surface area (Å²) in [4.78, 5) is 0. The Balaban J connectivity index is 1.52. The first-order chi connectivity index (χ1) is 18.6. The van der Waals surface area contributed by atoms with E-state index in [1.54, 1.807) is 0 Å². The van der Waals surface area contributed by atoms with Crippen LogP contribution in [0.15, 0.2) is 115 Å². The first-order valence-corrected chi connectivity index (χ1v) is 13.2. The molecule has 0 bridgehead atoms. The zero-order valence-corrected chi connectivity index (χ0v) is 21.9. The third kappa shape index (κ3) is 4.46. The molecule has 1 aromatic heterocycles. The Morgan fingerprint density at radius 2 is 1.37 bits per heavy atom. The molecule has 0 saturated carbocycles. The van der Waals surface area contributed by atoms with E-state index in [0.717, 1.165) is 22.5 Å². The number of hydrogen-bond acceptors (Lipinski definition) is 2. The summed E-state index contributed by atoms with van der Waals surface area (Å²) in [7, 11) is 0. The maximum atomic E-state index is 11.4. The Labute approximate surface area is 224 Å². The predicted molar refractivity (Wildman–Crippen MR) is 161 cm³/mol. The summed E-state index contributed by atoms with van der Waals surface area (Å²) in [6.45, 7) is 5.16. The lowest BCUT2D eigenvalue weighted by molar-refractivity contribution is 0.169. The summed E-state index contributed by atoms with van der Waals surface area (Å²) >= 11 is 0. The zero-order chi connectivity index (χ0) is 26.1. The maximum Gasteiger partial charge on any atom is 0.0891 e. The maximum absolute atomic E-state index is 11.4. The summed E-state index contributed by atoms with van der Waals surface area (Å²) in [5, 5.41) is 18.4. The fourth-order valence-corrected chi connectivity index (χ4v) is 5.46. The number of rotatable bonds is 7. The summed E-state index contributed by atoms with van der Waals surface area (Å²) < 4.78 is 2.34. The van der Waals surface area contributed by atoms with E-state index in [0.29, 0.717) is 13.1 Å². The van der Waals surface area contributed by atoms with Gasteiger partial charge in [0.25, 0.3) is 0 Å². The van der Waals surface area contributed by atoms with Crippen molar-refractivity contribution in [3.8, 4) is 22.4 Å². The summed E-state index contributed by atoms with van der Waals surface area (Å²) in [6, 6.07) is 40.5. The van der Waals surface area contributed by atoms with Crippen LogP contribution in [0, 0.1) is 13.8 Å². The average Bonchev–Trinajstić information content (AvgIpc) is 3.29. The van der Waals surface area contributed by atoms with Crippen LogP contribution in [-0.4, -0.2) is 22.3 Å². The van der Waals surface area contributed by atoms with Gasteiger partial charge in [-0.1, -0.05) is 103 Å². The fourth-order valence-electron chi connectivity index (χ4n) is 5.46. The molecule has 6 rings (SSSR count). The number of nitrogens with zero attached hydrogens (tertiary/aromatic N) is 1. The average molecular weight is 497 g/mol. The van der Waals surface area contributed by atoms with Gasteiger partial charge in [0.1, 0.15) is 0 Å². The van der Waals surface area contributed by atoms with Crippen LogP contribution >= 0.6 is 0 Å². The molecule has 5 aromatic carbocycles. The van der Waals surface area contributed by atoms with Gasteiger partial charge in [0.15, 0.2) is 0 Å². The number of aliphatic hydroxyl groups is 1. The van der Waals surface area contributed by atoms with Crippen molar-refractivity contribution in [1.82, 2.24) is 4.57 Å². The largest absolute Gasteiger partial charge is 0.389 e. The van der Waals surface area contributed by atoms with Crippen molar-refractivity contribution < 1.29 is 5.11 Å². The van der Waals surface area contributed by atoms with Gasteiger partial charge in [0, 0.05) is 28.6 Å². The number of aliphatic hydroxyl groups excluding tert-OH is 1. The number of hydrogen-bond donors (Lipinski definition) is 2. The normalized spacial score (nSPS) is 12.2.